The predicted molar refractivity (Wildman–Crippen MR) is 65.0 cm³/mol. The van der Waals surface area contributed by atoms with Gasteiger partial charge in [-0.25, -0.2) is 8.42 Å². The van der Waals surface area contributed by atoms with Crippen LogP contribution in [0.25, 0.3) is 0 Å². The molecule has 0 aromatic heterocycles. The van der Waals surface area contributed by atoms with Crippen LogP contribution in [0, 0.1) is 0 Å². The molecule has 1 N–H and O–H groups in total. The van der Waals surface area contributed by atoms with Crippen LogP contribution in [0.1, 0.15) is 13.8 Å². The van der Waals surface area contributed by atoms with Crippen LogP contribution in [0.4, 0.5) is 0 Å². The molecule has 0 aromatic carbocycles. The van der Waals surface area contributed by atoms with Crippen molar-refractivity contribution in [1.29, 1.82) is 0 Å². The number of nitrogens with zero attached hydrogens (tertiary/aromatic N) is 1. The molecule has 0 unspecified atom stereocenters. The smallest absolute Gasteiger partial charge is 0.323 e. The molecule has 0 atom stereocenters. The molecule has 0 aliphatic heterocycles. The zero-order valence-electron chi connectivity index (χ0n) is 11.0. The molecular formula is C10H19NO6S. The lowest BCUT2D eigenvalue weighted by molar-refractivity contribution is -0.145. The molecule has 0 rings (SSSR count). The summed E-state index contributed by atoms with van der Waals surface area (Å²) in [7, 11) is -2.22. The van der Waals surface area contributed by atoms with Gasteiger partial charge in [0.25, 0.3) is 0 Å². The molecule has 0 saturated heterocycles. The summed E-state index contributed by atoms with van der Waals surface area (Å²) < 4.78 is 26.2. The SMILES string of the molecule is COCCN(CC(=O)O)C(=O)C(C)(C)S(C)(=O)=O. The number of rotatable bonds is 7. The first-order valence-electron chi connectivity index (χ1n) is 5.23. The third-order valence-electron chi connectivity index (χ3n) is 2.62. The third kappa shape index (κ3) is 4.26. The third-order valence-corrected chi connectivity index (χ3v) is 4.65. The molecular weight excluding hydrogens is 262 g/mol. The molecule has 18 heavy (non-hydrogen) atoms. The molecule has 0 saturated carbocycles. The zero-order valence-corrected chi connectivity index (χ0v) is 11.8. The maximum Gasteiger partial charge on any atom is 0.323 e. The second-order valence-corrected chi connectivity index (χ2v) is 6.96. The van der Waals surface area contributed by atoms with E-state index in [1.165, 1.54) is 21.0 Å². The monoisotopic (exact) mass is 281 g/mol. The van der Waals surface area contributed by atoms with E-state index in [-0.39, 0.29) is 13.2 Å². The lowest BCUT2D eigenvalue weighted by Gasteiger charge is -2.29. The molecule has 0 aromatic rings. The Hall–Kier alpha value is -1.15. The molecule has 0 fully saturated rings. The van der Waals surface area contributed by atoms with Gasteiger partial charge in [0.2, 0.25) is 5.91 Å². The summed E-state index contributed by atoms with van der Waals surface area (Å²) in [6.45, 7) is 2.12. The molecule has 0 aliphatic rings. The Kier molecular flexibility index (Phi) is 5.75. The second-order valence-electron chi connectivity index (χ2n) is 4.40. The van der Waals surface area contributed by atoms with Gasteiger partial charge in [0, 0.05) is 19.9 Å². The molecule has 0 heterocycles. The molecule has 106 valence electrons. The topological polar surface area (TPSA) is 101 Å². The fourth-order valence-corrected chi connectivity index (χ4v) is 1.60. The first-order chi connectivity index (χ1) is 8.04. The fraction of sp³-hybridized carbons (Fsp3) is 0.800. The first kappa shape index (κ1) is 16.9. The van der Waals surface area contributed by atoms with E-state index in [4.69, 9.17) is 9.84 Å². The summed E-state index contributed by atoms with van der Waals surface area (Å²) in [5.74, 6) is -1.95. The maximum atomic E-state index is 12.1. The van der Waals surface area contributed by atoms with Gasteiger partial charge in [-0.05, 0) is 13.8 Å². The van der Waals surface area contributed by atoms with Gasteiger partial charge in [0.15, 0.2) is 9.84 Å². The summed E-state index contributed by atoms with van der Waals surface area (Å²) in [6, 6.07) is 0. The highest BCUT2D eigenvalue weighted by Crippen LogP contribution is 2.18. The van der Waals surface area contributed by atoms with Gasteiger partial charge in [-0.1, -0.05) is 0 Å². The summed E-state index contributed by atoms with van der Waals surface area (Å²) in [5.41, 5.74) is 0. The average Bonchev–Trinajstić information content (AvgIpc) is 2.20. The minimum absolute atomic E-state index is 0.0284. The highest BCUT2D eigenvalue weighted by molar-refractivity contribution is 7.92. The second kappa shape index (κ2) is 6.14. The first-order valence-corrected chi connectivity index (χ1v) is 7.13. The Morgan fingerprint density at radius 3 is 2.17 bits per heavy atom. The van der Waals surface area contributed by atoms with Gasteiger partial charge in [-0.15, -0.1) is 0 Å². The van der Waals surface area contributed by atoms with Crippen LogP contribution in [0.15, 0.2) is 0 Å². The van der Waals surface area contributed by atoms with E-state index in [9.17, 15) is 18.0 Å². The van der Waals surface area contributed by atoms with Gasteiger partial charge in [-0.3, -0.25) is 9.59 Å². The van der Waals surface area contributed by atoms with Gasteiger partial charge in [0.05, 0.1) is 6.61 Å². The Morgan fingerprint density at radius 2 is 1.83 bits per heavy atom. The molecule has 1 amide bonds. The number of ether oxygens (including phenoxy) is 1. The van der Waals surface area contributed by atoms with E-state index in [0.29, 0.717) is 0 Å². The minimum atomic E-state index is -3.63. The van der Waals surface area contributed by atoms with Gasteiger partial charge < -0.3 is 14.7 Å². The Balaban J connectivity index is 5.12. The van der Waals surface area contributed by atoms with Crippen LogP contribution in [0.5, 0.6) is 0 Å². The van der Waals surface area contributed by atoms with Gasteiger partial charge in [-0.2, -0.15) is 0 Å². The van der Waals surface area contributed by atoms with E-state index in [1.807, 2.05) is 0 Å². The molecule has 8 heteroatoms. The van der Waals surface area contributed by atoms with Crippen LogP contribution < -0.4 is 0 Å². The number of carboxylic acids is 1. The van der Waals surface area contributed by atoms with Crippen molar-refractivity contribution in [3.63, 3.8) is 0 Å². The van der Waals surface area contributed by atoms with Crippen LogP contribution in [-0.2, 0) is 24.2 Å². The normalized spacial score (nSPS) is 12.2. The van der Waals surface area contributed by atoms with Crippen molar-refractivity contribution in [3.05, 3.63) is 0 Å². The van der Waals surface area contributed by atoms with Crippen molar-refractivity contribution in [2.75, 3.05) is 33.1 Å². The maximum absolute atomic E-state index is 12.1. The number of carbonyl (C=O) groups excluding carboxylic acids is 1. The van der Waals surface area contributed by atoms with E-state index in [0.717, 1.165) is 11.2 Å². The minimum Gasteiger partial charge on any atom is -0.480 e. The fourth-order valence-electron chi connectivity index (χ4n) is 1.16. The Bertz CT molecular complexity index is 414. The summed E-state index contributed by atoms with van der Waals surface area (Å²) in [4.78, 5) is 23.7. The number of carbonyl (C=O) groups is 2. The Morgan fingerprint density at radius 1 is 1.33 bits per heavy atom. The van der Waals surface area contributed by atoms with Crippen molar-refractivity contribution >= 4 is 21.7 Å². The standard InChI is InChI=1S/C10H19NO6S/c1-10(2,18(4,15)16)9(14)11(5-6-17-3)7-8(12)13/h5-7H2,1-4H3,(H,12,13). The molecule has 0 aliphatic carbocycles. The lowest BCUT2D eigenvalue weighted by atomic mass is 10.1. The van der Waals surface area contributed by atoms with Crippen LogP contribution in [0.3, 0.4) is 0 Å². The summed E-state index contributed by atoms with van der Waals surface area (Å²) in [6.07, 6.45) is 0.945. The quantitative estimate of drug-likeness (QED) is 0.666. The van der Waals surface area contributed by atoms with Crippen LogP contribution >= 0.6 is 0 Å². The zero-order chi connectivity index (χ0) is 14.6. The number of sulfone groups is 1. The highest BCUT2D eigenvalue weighted by Gasteiger charge is 2.41. The lowest BCUT2D eigenvalue weighted by Crippen LogP contribution is -2.51. The van der Waals surface area contributed by atoms with Crippen molar-refractivity contribution in [3.8, 4) is 0 Å². The number of aliphatic carboxylic acids is 1. The summed E-state index contributed by atoms with van der Waals surface area (Å²) in [5, 5.41) is 8.72. The number of carboxylic acid groups (broad SMARTS) is 1. The van der Waals surface area contributed by atoms with Crippen molar-refractivity contribution in [2.24, 2.45) is 0 Å². The van der Waals surface area contributed by atoms with Crippen molar-refractivity contribution in [2.45, 2.75) is 18.6 Å². The summed E-state index contributed by atoms with van der Waals surface area (Å²) >= 11 is 0. The molecule has 0 bridgehead atoms. The van der Waals surface area contributed by atoms with Gasteiger partial charge in [0.1, 0.15) is 11.3 Å². The van der Waals surface area contributed by atoms with Crippen molar-refractivity contribution in [1.82, 2.24) is 4.90 Å². The molecule has 0 radical (unpaired) electrons. The number of hydrogen-bond donors (Lipinski definition) is 1. The highest BCUT2D eigenvalue weighted by atomic mass is 32.2. The van der Waals surface area contributed by atoms with Crippen molar-refractivity contribution < 1.29 is 27.9 Å². The van der Waals surface area contributed by atoms with E-state index in [2.05, 4.69) is 0 Å². The number of hydrogen-bond acceptors (Lipinski definition) is 5. The van der Waals surface area contributed by atoms with E-state index >= 15 is 0 Å². The van der Waals surface area contributed by atoms with Crippen LogP contribution in [0.2, 0.25) is 0 Å². The van der Waals surface area contributed by atoms with E-state index in [1.54, 1.807) is 0 Å². The molecule has 0 spiro atoms. The predicted octanol–water partition coefficient (Wildman–Crippen LogP) is -0.631. The number of methoxy groups -OCH3 is 1. The van der Waals surface area contributed by atoms with E-state index < -0.39 is 33.0 Å². The number of amides is 1. The average molecular weight is 281 g/mol. The van der Waals surface area contributed by atoms with Gasteiger partial charge >= 0.3 is 5.97 Å². The largest absolute Gasteiger partial charge is 0.480 e. The van der Waals surface area contributed by atoms with Crippen LogP contribution in [-0.4, -0.2) is 68.1 Å². The molecule has 7 nitrogen and oxygen atoms in total. The Labute approximate surface area is 107 Å².